The van der Waals surface area contributed by atoms with Gasteiger partial charge < -0.3 is 25.8 Å². The third-order valence-electron chi connectivity index (χ3n) is 5.60. The van der Waals surface area contributed by atoms with Crippen LogP contribution < -0.4 is 25.8 Å². The number of nitrogens with zero attached hydrogens (tertiary/aromatic N) is 3. The number of carbonyl (C=O) groups is 2. The van der Waals surface area contributed by atoms with Gasteiger partial charge in [-0.25, -0.2) is 4.79 Å². The van der Waals surface area contributed by atoms with Crippen LogP contribution in [0.3, 0.4) is 0 Å². The number of nitrogens with two attached hydrogens (primary N) is 1. The SMILES string of the molecule is CNC(=O)c1cc2c(Oc3ccc(NC(=O)n4nc(C(C)(C)C)cc4N)c(Cl)c3)ccnc2cc1OC. The molecule has 2 aromatic carbocycles. The molecule has 0 aliphatic heterocycles. The minimum absolute atomic E-state index is 0.218. The quantitative estimate of drug-likeness (QED) is 0.328. The van der Waals surface area contributed by atoms with E-state index < -0.39 is 6.03 Å². The Labute approximate surface area is 218 Å². The molecule has 2 amide bonds. The fourth-order valence-electron chi connectivity index (χ4n) is 3.60. The van der Waals surface area contributed by atoms with Gasteiger partial charge in [0.1, 0.15) is 23.1 Å². The van der Waals surface area contributed by atoms with E-state index >= 15 is 0 Å². The maximum Gasteiger partial charge on any atom is 0.348 e. The summed E-state index contributed by atoms with van der Waals surface area (Å²) < 4.78 is 12.5. The van der Waals surface area contributed by atoms with Crippen molar-refractivity contribution in [1.29, 1.82) is 0 Å². The maximum atomic E-state index is 12.8. The molecule has 2 aromatic heterocycles. The van der Waals surface area contributed by atoms with E-state index in [9.17, 15) is 9.59 Å². The molecule has 4 N–H and O–H groups in total. The van der Waals surface area contributed by atoms with E-state index in [0.29, 0.717) is 45.1 Å². The standard InChI is InChI=1S/C26H27ClN6O4/c1-26(2,3)22-13-23(28)33(32-22)25(35)31-18-7-6-14(10-17(18)27)37-20-8-9-30-19-12-21(36-5)16(11-15(19)20)24(34)29-4/h6-13H,28H2,1-5H3,(H,29,34)(H,31,35). The molecular formula is C26H27ClN6O4. The first-order valence-corrected chi connectivity index (χ1v) is 11.7. The Morgan fingerprint density at radius 1 is 1.08 bits per heavy atom. The predicted molar refractivity (Wildman–Crippen MR) is 143 cm³/mol. The fourth-order valence-corrected chi connectivity index (χ4v) is 3.82. The van der Waals surface area contributed by atoms with E-state index in [1.165, 1.54) is 7.11 Å². The number of nitrogens with one attached hydrogen (secondary N) is 2. The lowest BCUT2D eigenvalue weighted by Crippen LogP contribution is -2.23. The van der Waals surface area contributed by atoms with Crippen LogP contribution in [0, 0.1) is 0 Å². The first-order chi connectivity index (χ1) is 17.5. The molecule has 2 heterocycles. The van der Waals surface area contributed by atoms with Crippen molar-refractivity contribution in [3.63, 3.8) is 0 Å². The summed E-state index contributed by atoms with van der Waals surface area (Å²) in [5.74, 6) is 1.19. The van der Waals surface area contributed by atoms with Crippen molar-refractivity contribution in [3.8, 4) is 17.2 Å². The Morgan fingerprint density at radius 3 is 2.46 bits per heavy atom. The Kier molecular flexibility index (Phi) is 6.95. The van der Waals surface area contributed by atoms with Crippen LogP contribution in [0.1, 0.15) is 36.8 Å². The normalized spacial score (nSPS) is 11.3. The average molecular weight is 523 g/mol. The molecule has 11 heteroatoms. The van der Waals surface area contributed by atoms with Crippen molar-refractivity contribution >= 4 is 45.9 Å². The van der Waals surface area contributed by atoms with Crippen molar-refractivity contribution in [2.24, 2.45) is 0 Å². The summed E-state index contributed by atoms with van der Waals surface area (Å²) in [4.78, 5) is 29.5. The number of hydrogen-bond acceptors (Lipinski definition) is 7. The summed E-state index contributed by atoms with van der Waals surface area (Å²) in [7, 11) is 3.03. The lowest BCUT2D eigenvalue weighted by molar-refractivity contribution is 0.0960. The highest BCUT2D eigenvalue weighted by atomic mass is 35.5. The van der Waals surface area contributed by atoms with Crippen LogP contribution in [0.25, 0.3) is 10.9 Å². The van der Waals surface area contributed by atoms with Gasteiger partial charge in [-0.05, 0) is 24.3 Å². The number of ether oxygens (including phenoxy) is 2. The summed E-state index contributed by atoms with van der Waals surface area (Å²) in [5.41, 5.74) is 7.71. The summed E-state index contributed by atoms with van der Waals surface area (Å²) in [6.45, 7) is 5.94. The van der Waals surface area contributed by atoms with Gasteiger partial charge in [-0.2, -0.15) is 9.78 Å². The average Bonchev–Trinajstić information content (AvgIpc) is 3.27. The number of methoxy groups -OCH3 is 1. The lowest BCUT2D eigenvalue weighted by atomic mass is 9.92. The fraction of sp³-hybridized carbons (Fsp3) is 0.231. The summed E-state index contributed by atoms with van der Waals surface area (Å²) in [5, 5.41) is 10.5. The first kappa shape index (κ1) is 25.8. The molecule has 0 saturated heterocycles. The van der Waals surface area contributed by atoms with Crippen LogP contribution in [0.15, 0.2) is 48.7 Å². The topological polar surface area (TPSA) is 133 Å². The first-order valence-electron chi connectivity index (χ1n) is 11.4. The third-order valence-corrected chi connectivity index (χ3v) is 5.91. The minimum Gasteiger partial charge on any atom is -0.496 e. The molecule has 192 valence electrons. The molecule has 0 radical (unpaired) electrons. The van der Waals surface area contributed by atoms with E-state index in [-0.39, 0.29) is 22.2 Å². The largest absolute Gasteiger partial charge is 0.496 e. The maximum absolute atomic E-state index is 12.8. The third kappa shape index (κ3) is 5.29. The second-order valence-corrected chi connectivity index (χ2v) is 9.66. The number of pyridine rings is 1. The van der Waals surface area contributed by atoms with Gasteiger partial charge in [-0.1, -0.05) is 32.4 Å². The van der Waals surface area contributed by atoms with Gasteiger partial charge in [0, 0.05) is 42.2 Å². The molecule has 37 heavy (non-hydrogen) atoms. The molecule has 10 nitrogen and oxygen atoms in total. The van der Waals surface area contributed by atoms with Crippen molar-refractivity contribution in [2.75, 3.05) is 25.2 Å². The minimum atomic E-state index is -0.542. The smallest absolute Gasteiger partial charge is 0.348 e. The second kappa shape index (κ2) is 9.98. The van der Waals surface area contributed by atoms with Crippen LogP contribution in [-0.2, 0) is 5.41 Å². The number of rotatable bonds is 5. The van der Waals surface area contributed by atoms with E-state index in [4.69, 9.17) is 26.8 Å². The van der Waals surface area contributed by atoms with Crippen LogP contribution in [0.4, 0.5) is 16.3 Å². The van der Waals surface area contributed by atoms with Crippen LogP contribution in [0.2, 0.25) is 5.02 Å². The number of nitrogen functional groups attached to an aromatic ring is 1. The van der Waals surface area contributed by atoms with E-state index in [2.05, 4.69) is 20.7 Å². The molecule has 0 aliphatic carbocycles. The Balaban J connectivity index is 1.59. The van der Waals surface area contributed by atoms with Crippen molar-refractivity contribution in [3.05, 3.63) is 64.9 Å². The number of aromatic nitrogens is 3. The lowest BCUT2D eigenvalue weighted by Gasteiger charge is -2.14. The van der Waals surface area contributed by atoms with Gasteiger partial charge in [0.15, 0.2) is 0 Å². The summed E-state index contributed by atoms with van der Waals surface area (Å²) in [6.07, 6.45) is 1.59. The predicted octanol–water partition coefficient (Wildman–Crippen LogP) is 5.21. The van der Waals surface area contributed by atoms with Gasteiger partial charge in [-0.15, -0.1) is 0 Å². The number of carbonyl (C=O) groups excluding carboxylic acids is 2. The zero-order valence-corrected chi connectivity index (χ0v) is 21.8. The van der Waals surface area contributed by atoms with Crippen LogP contribution in [0.5, 0.6) is 17.2 Å². The summed E-state index contributed by atoms with van der Waals surface area (Å²) >= 11 is 6.45. The van der Waals surface area contributed by atoms with E-state index in [1.807, 2.05) is 20.8 Å². The zero-order chi connectivity index (χ0) is 26.9. The Hall–Kier alpha value is -4.31. The molecule has 0 spiro atoms. The molecule has 0 aliphatic rings. The van der Waals surface area contributed by atoms with Gasteiger partial charge in [0.2, 0.25) is 0 Å². The second-order valence-electron chi connectivity index (χ2n) is 9.25. The molecule has 0 fully saturated rings. The Morgan fingerprint density at radius 2 is 1.84 bits per heavy atom. The number of fused-ring (bicyclic) bond motifs is 1. The molecule has 4 rings (SSSR count). The zero-order valence-electron chi connectivity index (χ0n) is 21.0. The van der Waals surface area contributed by atoms with Gasteiger partial charge >= 0.3 is 6.03 Å². The van der Waals surface area contributed by atoms with Gasteiger partial charge in [-0.3, -0.25) is 9.78 Å². The Bertz CT molecular complexity index is 1510. The van der Waals surface area contributed by atoms with E-state index in [1.54, 1.807) is 55.7 Å². The molecule has 0 saturated carbocycles. The van der Waals surface area contributed by atoms with Gasteiger partial charge in [0.05, 0.1) is 34.6 Å². The molecule has 4 aromatic rings. The van der Waals surface area contributed by atoms with Crippen LogP contribution >= 0.6 is 11.6 Å². The van der Waals surface area contributed by atoms with Crippen LogP contribution in [-0.4, -0.2) is 40.9 Å². The molecule has 0 unspecified atom stereocenters. The van der Waals surface area contributed by atoms with Crippen molar-refractivity contribution in [1.82, 2.24) is 20.1 Å². The number of hydrogen-bond donors (Lipinski definition) is 3. The number of benzene rings is 2. The van der Waals surface area contributed by atoms with Crippen molar-refractivity contribution in [2.45, 2.75) is 26.2 Å². The highest BCUT2D eigenvalue weighted by Gasteiger charge is 2.22. The summed E-state index contributed by atoms with van der Waals surface area (Å²) in [6, 6.07) is 11.0. The molecule has 0 bridgehead atoms. The van der Waals surface area contributed by atoms with Gasteiger partial charge in [0.25, 0.3) is 5.91 Å². The number of halogens is 1. The molecule has 0 atom stereocenters. The number of anilines is 2. The highest BCUT2D eigenvalue weighted by molar-refractivity contribution is 6.33. The van der Waals surface area contributed by atoms with E-state index in [0.717, 1.165) is 4.68 Å². The van der Waals surface area contributed by atoms with Crippen molar-refractivity contribution < 1.29 is 19.1 Å². The number of amides is 2. The molecular weight excluding hydrogens is 496 g/mol. The monoisotopic (exact) mass is 522 g/mol. The highest BCUT2D eigenvalue weighted by Crippen LogP contribution is 2.35.